The van der Waals surface area contributed by atoms with Gasteiger partial charge in [-0.3, -0.25) is 19.7 Å². The largest absolute Gasteiger partial charge is 0.391 e. The second-order valence-electron chi connectivity index (χ2n) is 9.65. The molecule has 0 bridgehead atoms. The van der Waals surface area contributed by atoms with Crippen LogP contribution in [0.4, 0.5) is 0 Å². The van der Waals surface area contributed by atoms with Crippen molar-refractivity contribution in [2.75, 3.05) is 13.1 Å². The quantitative estimate of drug-likeness (QED) is 0.221. The van der Waals surface area contributed by atoms with Crippen LogP contribution in [0.2, 0.25) is 0 Å². The molecule has 3 aromatic rings. The molecule has 7 heteroatoms. The molecule has 1 heterocycles. The van der Waals surface area contributed by atoms with Crippen molar-refractivity contribution in [3.63, 3.8) is 0 Å². The Morgan fingerprint density at radius 3 is 2.05 bits per heavy atom. The molecule has 4 N–H and O–H groups in total. The second kappa shape index (κ2) is 13.0. The van der Waals surface area contributed by atoms with Gasteiger partial charge in [-0.2, -0.15) is 0 Å². The molecular weight excluding hydrogens is 478 g/mol. The number of piperidine rings is 1. The van der Waals surface area contributed by atoms with Crippen LogP contribution in [-0.2, 0) is 11.3 Å². The highest BCUT2D eigenvalue weighted by Gasteiger charge is 2.25. The minimum absolute atomic E-state index is 0.309. The van der Waals surface area contributed by atoms with Gasteiger partial charge < -0.3 is 10.4 Å². The molecule has 1 saturated heterocycles. The van der Waals surface area contributed by atoms with E-state index in [1.807, 2.05) is 12.1 Å². The maximum absolute atomic E-state index is 12.4. The SMILES string of the molecule is C[C@@H](O)[C@H](NC(=O)c1ccc(C#Cc2ccc(CN3CCC(c4ccccc4)CC3)cc2)cc1)C(=O)NO. The second-order valence-corrected chi connectivity index (χ2v) is 9.65. The van der Waals surface area contributed by atoms with E-state index in [4.69, 9.17) is 5.21 Å². The van der Waals surface area contributed by atoms with Gasteiger partial charge >= 0.3 is 0 Å². The van der Waals surface area contributed by atoms with Crippen molar-refractivity contribution in [3.05, 3.63) is 107 Å². The number of rotatable bonds is 7. The van der Waals surface area contributed by atoms with Gasteiger partial charge in [0.05, 0.1) is 6.10 Å². The number of amides is 2. The zero-order chi connectivity index (χ0) is 26.9. The molecular formula is C31H33N3O4. The fraction of sp³-hybridized carbons (Fsp3) is 0.290. The van der Waals surface area contributed by atoms with E-state index in [9.17, 15) is 14.7 Å². The number of aliphatic hydroxyl groups excluding tert-OH is 1. The first-order valence-corrected chi connectivity index (χ1v) is 12.8. The van der Waals surface area contributed by atoms with Gasteiger partial charge in [0.2, 0.25) is 0 Å². The summed E-state index contributed by atoms with van der Waals surface area (Å²) in [6.45, 7) is 4.49. The smallest absolute Gasteiger partial charge is 0.268 e. The van der Waals surface area contributed by atoms with E-state index in [1.54, 1.807) is 24.3 Å². The van der Waals surface area contributed by atoms with Crippen LogP contribution in [0.3, 0.4) is 0 Å². The first kappa shape index (κ1) is 27.1. The third-order valence-electron chi connectivity index (χ3n) is 6.88. The molecule has 38 heavy (non-hydrogen) atoms. The molecule has 1 aliphatic heterocycles. The van der Waals surface area contributed by atoms with Gasteiger partial charge in [0.1, 0.15) is 6.04 Å². The van der Waals surface area contributed by atoms with Crippen LogP contribution in [0.15, 0.2) is 78.9 Å². The van der Waals surface area contributed by atoms with E-state index in [0.29, 0.717) is 11.5 Å². The molecule has 0 aromatic heterocycles. The van der Waals surface area contributed by atoms with E-state index in [2.05, 4.69) is 64.5 Å². The predicted molar refractivity (Wildman–Crippen MR) is 145 cm³/mol. The van der Waals surface area contributed by atoms with Crippen LogP contribution in [0.25, 0.3) is 0 Å². The lowest BCUT2D eigenvalue weighted by molar-refractivity contribution is -0.133. The summed E-state index contributed by atoms with van der Waals surface area (Å²) < 4.78 is 0. The summed E-state index contributed by atoms with van der Waals surface area (Å²) in [6.07, 6.45) is 1.20. The number of carbonyl (C=O) groups is 2. The fourth-order valence-electron chi connectivity index (χ4n) is 4.65. The number of carbonyl (C=O) groups excluding carboxylic acids is 2. The molecule has 7 nitrogen and oxygen atoms in total. The first-order valence-electron chi connectivity index (χ1n) is 12.8. The summed E-state index contributed by atoms with van der Waals surface area (Å²) in [7, 11) is 0. The molecule has 0 spiro atoms. The van der Waals surface area contributed by atoms with Crippen molar-refractivity contribution in [3.8, 4) is 11.8 Å². The van der Waals surface area contributed by atoms with Gasteiger partial charge in [-0.05, 0) is 86.3 Å². The molecule has 0 aliphatic carbocycles. The number of benzene rings is 3. The molecule has 0 radical (unpaired) electrons. The zero-order valence-electron chi connectivity index (χ0n) is 21.4. The lowest BCUT2D eigenvalue weighted by Crippen LogP contribution is -2.51. The molecule has 3 aromatic carbocycles. The third-order valence-corrected chi connectivity index (χ3v) is 6.88. The standard InChI is InChI=1S/C31H33N3O4/c1-22(35)29(31(37)33-38)32-30(36)28-15-13-24(14-16-28)8-7-23-9-11-25(12-10-23)21-34-19-17-27(18-20-34)26-5-3-2-4-6-26/h2-6,9-16,22,27,29,35,38H,17-21H2,1H3,(H,32,36)(H,33,37)/t22-,29+/m1/s1. The van der Waals surface area contributed by atoms with Gasteiger partial charge in [-0.25, -0.2) is 5.48 Å². The van der Waals surface area contributed by atoms with Crippen LogP contribution in [0, 0.1) is 11.8 Å². The molecule has 0 saturated carbocycles. The van der Waals surface area contributed by atoms with Gasteiger partial charge in [-0.15, -0.1) is 0 Å². The molecule has 1 fully saturated rings. The number of nitrogens with zero attached hydrogens (tertiary/aromatic N) is 1. The highest BCUT2D eigenvalue weighted by Crippen LogP contribution is 2.28. The van der Waals surface area contributed by atoms with Gasteiger partial charge in [0, 0.05) is 23.2 Å². The molecule has 196 valence electrons. The molecule has 4 rings (SSSR count). The lowest BCUT2D eigenvalue weighted by atomic mass is 9.89. The van der Waals surface area contributed by atoms with Crippen molar-refractivity contribution < 1.29 is 19.9 Å². The van der Waals surface area contributed by atoms with Crippen molar-refractivity contribution in [1.82, 2.24) is 15.7 Å². The Hall–Kier alpha value is -3.96. The van der Waals surface area contributed by atoms with E-state index in [0.717, 1.165) is 30.8 Å². The number of aliphatic hydroxyl groups is 1. The van der Waals surface area contributed by atoms with Gasteiger partial charge in [-0.1, -0.05) is 54.3 Å². The zero-order valence-corrected chi connectivity index (χ0v) is 21.4. The predicted octanol–water partition coefficient (Wildman–Crippen LogP) is 3.45. The topological polar surface area (TPSA) is 102 Å². The van der Waals surface area contributed by atoms with Gasteiger partial charge in [0.25, 0.3) is 11.8 Å². The Balaban J connectivity index is 1.28. The molecule has 2 amide bonds. The number of likely N-dealkylation sites (tertiary alicyclic amines) is 1. The van der Waals surface area contributed by atoms with Crippen molar-refractivity contribution in [2.45, 2.75) is 44.4 Å². The number of nitrogens with one attached hydrogen (secondary N) is 2. The van der Waals surface area contributed by atoms with Crippen molar-refractivity contribution >= 4 is 11.8 Å². The van der Waals surface area contributed by atoms with Gasteiger partial charge in [0.15, 0.2) is 0 Å². The Morgan fingerprint density at radius 2 is 1.50 bits per heavy atom. The van der Waals surface area contributed by atoms with E-state index in [-0.39, 0.29) is 0 Å². The summed E-state index contributed by atoms with van der Waals surface area (Å²) in [5.74, 6) is 5.48. The summed E-state index contributed by atoms with van der Waals surface area (Å²) in [6, 6.07) is 24.5. The Labute approximate surface area is 223 Å². The Kier molecular flexibility index (Phi) is 9.28. The Morgan fingerprint density at radius 1 is 0.921 bits per heavy atom. The Bertz CT molecular complexity index is 1270. The highest BCUT2D eigenvalue weighted by atomic mass is 16.5. The maximum atomic E-state index is 12.4. The lowest BCUT2D eigenvalue weighted by Gasteiger charge is -2.32. The molecule has 2 atom stereocenters. The number of hydroxylamine groups is 1. The minimum Gasteiger partial charge on any atom is -0.391 e. The normalized spacial score (nSPS) is 15.6. The van der Waals surface area contributed by atoms with Crippen LogP contribution >= 0.6 is 0 Å². The highest BCUT2D eigenvalue weighted by molar-refractivity contribution is 5.97. The first-order chi connectivity index (χ1) is 18.4. The minimum atomic E-state index is -1.27. The van der Waals surface area contributed by atoms with Crippen molar-refractivity contribution in [1.29, 1.82) is 0 Å². The van der Waals surface area contributed by atoms with Crippen LogP contribution in [0.1, 0.15) is 58.3 Å². The molecule has 0 unspecified atom stereocenters. The summed E-state index contributed by atoms with van der Waals surface area (Å²) in [4.78, 5) is 26.5. The van der Waals surface area contributed by atoms with Crippen molar-refractivity contribution in [2.24, 2.45) is 0 Å². The average Bonchev–Trinajstić information content (AvgIpc) is 2.96. The average molecular weight is 512 g/mol. The summed E-state index contributed by atoms with van der Waals surface area (Å²) >= 11 is 0. The molecule has 1 aliphatic rings. The maximum Gasteiger partial charge on any atom is 0.268 e. The monoisotopic (exact) mass is 511 g/mol. The van der Waals surface area contributed by atoms with E-state index >= 15 is 0 Å². The number of hydrogen-bond acceptors (Lipinski definition) is 5. The van der Waals surface area contributed by atoms with Crippen LogP contribution in [-0.4, -0.2) is 52.3 Å². The fourth-order valence-corrected chi connectivity index (χ4v) is 4.65. The third kappa shape index (κ3) is 7.30. The van der Waals surface area contributed by atoms with Crippen LogP contribution in [0.5, 0.6) is 0 Å². The summed E-state index contributed by atoms with van der Waals surface area (Å²) in [5.41, 5.74) is 6.13. The number of hydrogen-bond donors (Lipinski definition) is 4. The van der Waals surface area contributed by atoms with E-state index < -0.39 is 24.0 Å². The van der Waals surface area contributed by atoms with Crippen LogP contribution < -0.4 is 10.8 Å². The summed E-state index contributed by atoms with van der Waals surface area (Å²) in [5, 5.41) is 20.9. The van der Waals surface area contributed by atoms with E-state index in [1.165, 1.54) is 36.4 Å².